The van der Waals surface area contributed by atoms with Crippen LogP contribution in [0.15, 0.2) is 42.5 Å². The molecule has 202 valence electrons. The van der Waals surface area contributed by atoms with Crippen LogP contribution in [0.1, 0.15) is 71.2 Å². The van der Waals surface area contributed by atoms with Crippen LogP contribution in [-0.2, 0) is 4.79 Å². The average molecular weight is 524 g/mol. The van der Waals surface area contributed by atoms with Crippen molar-refractivity contribution in [1.29, 1.82) is 0 Å². The van der Waals surface area contributed by atoms with Gasteiger partial charge in [-0.3, -0.25) is 14.4 Å². The maximum absolute atomic E-state index is 14.5. The molecule has 2 atom stereocenters. The molecule has 2 unspecified atom stereocenters. The molecule has 1 saturated carbocycles. The van der Waals surface area contributed by atoms with Crippen LogP contribution in [0.4, 0.5) is 8.78 Å². The van der Waals surface area contributed by atoms with Gasteiger partial charge in [-0.05, 0) is 68.2 Å². The van der Waals surface area contributed by atoms with E-state index in [1.807, 2.05) is 23.1 Å². The summed E-state index contributed by atoms with van der Waals surface area (Å²) in [7, 11) is 0. The summed E-state index contributed by atoms with van der Waals surface area (Å²) < 4.78 is 28.8. The lowest BCUT2D eigenvalue weighted by molar-refractivity contribution is -0.136. The molecule has 5 rings (SSSR count). The Kier molecular flexibility index (Phi) is 7.50. The summed E-state index contributed by atoms with van der Waals surface area (Å²) in [5, 5.41) is 3.12. The molecule has 6 nitrogen and oxygen atoms in total. The molecule has 2 aromatic carbocycles. The van der Waals surface area contributed by atoms with Crippen molar-refractivity contribution in [3.05, 3.63) is 70.8 Å². The summed E-state index contributed by atoms with van der Waals surface area (Å²) in [4.78, 5) is 42.8. The van der Waals surface area contributed by atoms with Crippen LogP contribution in [0.5, 0.6) is 0 Å². The number of carbonyl (C=O) groups excluding carboxylic acids is 3. The number of piperidine rings is 1. The van der Waals surface area contributed by atoms with Gasteiger partial charge in [0.25, 0.3) is 11.8 Å². The number of nitrogens with one attached hydrogen (secondary N) is 1. The Bertz CT molecular complexity index is 1210. The molecule has 1 N–H and O–H groups in total. The predicted octanol–water partition coefficient (Wildman–Crippen LogP) is 4.72. The Hall–Kier alpha value is -3.29. The molecule has 38 heavy (non-hydrogen) atoms. The summed E-state index contributed by atoms with van der Waals surface area (Å²) in [6.07, 6.45) is 5.74. The molecular weight excluding hydrogens is 488 g/mol. The van der Waals surface area contributed by atoms with Crippen LogP contribution in [0, 0.1) is 29.9 Å². The number of benzene rings is 2. The van der Waals surface area contributed by atoms with E-state index in [0.29, 0.717) is 44.6 Å². The van der Waals surface area contributed by atoms with Gasteiger partial charge in [-0.15, -0.1) is 0 Å². The zero-order chi connectivity index (χ0) is 26.9. The lowest BCUT2D eigenvalue weighted by Gasteiger charge is -2.40. The Morgan fingerprint density at radius 1 is 0.895 bits per heavy atom. The zero-order valence-corrected chi connectivity index (χ0v) is 21.8. The SMILES string of the molecule is Cc1ccc(F)c(C(=O)N2CCC3(CC2)CCN(C(=O)C2CCCCC2NC(=O)c2ccccc2)C3)c1F. The monoisotopic (exact) mass is 523 g/mol. The molecule has 8 heteroatoms. The second-order valence-electron chi connectivity index (χ2n) is 11.2. The molecule has 0 aromatic heterocycles. The molecular formula is C30H35F2N3O3. The second-order valence-corrected chi connectivity index (χ2v) is 11.2. The van der Waals surface area contributed by atoms with Crippen LogP contribution in [0.25, 0.3) is 0 Å². The zero-order valence-electron chi connectivity index (χ0n) is 21.8. The largest absolute Gasteiger partial charge is 0.349 e. The highest BCUT2D eigenvalue weighted by Gasteiger charge is 2.45. The third kappa shape index (κ3) is 5.18. The van der Waals surface area contributed by atoms with E-state index < -0.39 is 23.1 Å². The van der Waals surface area contributed by atoms with Gasteiger partial charge in [0.05, 0.1) is 5.92 Å². The molecule has 3 amide bonds. The van der Waals surface area contributed by atoms with Crippen LogP contribution >= 0.6 is 0 Å². The molecule has 2 heterocycles. The van der Waals surface area contributed by atoms with Crippen molar-refractivity contribution >= 4 is 17.7 Å². The lowest BCUT2D eigenvalue weighted by Crippen LogP contribution is -2.50. The third-order valence-corrected chi connectivity index (χ3v) is 8.79. The van der Waals surface area contributed by atoms with Gasteiger partial charge >= 0.3 is 0 Å². The fourth-order valence-electron chi connectivity index (χ4n) is 6.40. The van der Waals surface area contributed by atoms with Gasteiger partial charge in [-0.25, -0.2) is 8.78 Å². The number of rotatable bonds is 4. The summed E-state index contributed by atoms with van der Waals surface area (Å²) in [5.41, 5.74) is 0.267. The van der Waals surface area contributed by atoms with E-state index in [4.69, 9.17) is 0 Å². The highest BCUT2D eigenvalue weighted by atomic mass is 19.1. The van der Waals surface area contributed by atoms with Gasteiger partial charge in [0, 0.05) is 37.8 Å². The number of amides is 3. The molecule has 0 radical (unpaired) electrons. The predicted molar refractivity (Wildman–Crippen MR) is 140 cm³/mol. The van der Waals surface area contributed by atoms with E-state index in [2.05, 4.69) is 5.32 Å². The number of hydrogen-bond acceptors (Lipinski definition) is 3. The average Bonchev–Trinajstić information content (AvgIpc) is 3.35. The smallest absolute Gasteiger partial charge is 0.259 e. The number of halogens is 2. The number of aryl methyl sites for hydroxylation is 1. The molecule has 2 aromatic rings. The number of likely N-dealkylation sites (tertiary alicyclic amines) is 2. The molecule has 3 aliphatic rings. The molecule has 2 aliphatic heterocycles. The van der Waals surface area contributed by atoms with Crippen molar-refractivity contribution in [2.75, 3.05) is 26.2 Å². The minimum atomic E-state index is -0.836. The van der Waals surface area contributed by atoms with Crippen molar-refractivity contribution in [2.45, 2.75) is 57.9 Å². The molecule has 1 aliphatic carbocycles. The van der Waals surface area contributed by atoms with Crippen molar-refractivity contribution in [3.8, 4) is 0 Å². The molecule has 1 spiro atoms. The van der Waals surface area contributed by atoms with Gasteiger partial charge < -0.3 is 15.1 Å². The van der Waals surface area contributed by atoms with Gasteiger partial charge in [0.1, 0.15) is 17.2 Å². The Balaban J connectivity index is 1.20. The van der Waals surface area contributed by atoms with E-state index in [1.165, 1.54) is 17.9 Å². The van der Waals surface area contributed by atoms with Crippen molar-refractivity contribution in [1.82, 2.24) is 15.1 Å². The standard InChI is InChI=1S/C30H35F2N3O3/c1-20-11-12-23(31)25(26(20)32)29(38)34-16-13-30(14-17-34)15-18-35(19-30)28(37)22-9-5-6-10-24(22)33-27(36)21-7-3-2-4-8-21/h2-4,7-8,11-12,22,24H,5-6,9-10,13-19H2,1H3,(H,33,36). The van der Waals surface area contributed by atoms with Gasteiger partial charge in [0.2, 0.25) is 5.91 Å². The first kappa shape index (κ1) is 26.3. The van der Waals surface area contributed by atoms with E-state index >= 15 is 0 Å². The minimum Gasteiger partial charge on any atom is -0.349 e. The Morgan fingerprint density at radius 2 is 1.55 bits per heavy atom. The Labute approximate surface area is 222 Å². The van der Waals surface area contributed by atoms with Crippen LogP contribution in [0.2, 0.25) is 0 Å². The number of hydrogen-bond donors (Lipinski definition) is 1. The number of nitrogens with zero attached hydrogens (tertiary/aromatic N) is 2. The molecule has 2 saturated heterocycles. The van der Waals surface area contributed by atoms with Crippen molar-refractivity contribution in [2.24, 2.45) is 11.3 Å². The summed E-state index contributed by atoms with van der Waals surface area (Å²) in [5.74, 6) is -2.52. The normalized spacial score (nSPS) is 22.9. The fraction of sp³-hybridized carbons (Fsp3) is 0.500. The van der Waals surface area contributed by atoms with Crippen LogP contribution < -0.4 is 5.32 Å². The fourth-order valence-corrected chi connectivity index (χ4v) is 6.40. The number of carbonyl (C=O) groups is 3. The van der Waals surface area contributed by atoms with E-state index in [1.54, 1.807) is 12.1 Å². The van der Waals surface area contributed by atoms with E-state index in [-0.39, 0.29) is 34.8 Å². The highest BCUT2D eigenvalue weighted by Crippen LogP contribution is 2.42. The van der Waals surface area contributed by atoms with Gasteiger partial charge in [-0.1, -0.05) is 37.1 Å². The second kappa shape index (κ2) is 10.8. The van der Waals surface area contributed by atoms with Crippen LogP contribution in [-0.4, -0.2) is 59.7 Å². The minimum absolute atomic E-state index is 0.0897. The maximum Gasteiger partial charge on any atom is 0.259 e. The topological polar surface area (TPSA) is 69.7 Å². The molecule has 3 fully saturated rings. The quantitative estimate of drug-likeness (QED) is 0.631. The third-order valence-electron chi connectivity index (χ3n) is 8.79. The first-order valence-electron chi connectivity index (χ1n) is 13.7. The van der Waals surface area contributed by atoms with Gasteiger partial charge in [0.15, 0.2) is 0 Å². The van der Waals surface area contributed by atoms with Crippen LogP contribution in [0.3, 0.4) is 0 Å². The first-order valence-corrected chi connectivity index (χ1v) is 13.7. The van der Waals surface area contributed by atoms with Crippen molar-refractivity contribution < 1.29 is 23.2 Å². The van der Waals surface area contributed by atoms with Crippen molar-refractivity contribution in [3.63, 3.8) is 0 Å². The first-order chi connectivity index (χ1) is 18.3. The summed E-state index contributed by atoms with van der Waals surface area (Å²) in [6.45, 7) is 3.62. The molecule has 0 bridgehead atoms. The lowest BCUT2D eigenvalue weighted by atomic mass is 9.77. The Morgan fingerprint density at radius 3 is 2.26 bits per heavy atom. The van der Waals surface area contributed by atoms with E-state index in [9.17, 15) is 23.2 Å². The summed E-state index contributed by atoms with van der Waals surface area (Å²) >= 11 is 0. The van der Waals surface area contributed by atoms with E-state index in [0.717, 1.165) is 38.2 Å². The highest BCUT2D eigenvalue weighted by molar-refractivity contribution is 5.95. The summed E-state index contributed by atoms with van der Waals surface area (Å²) in [6, 6.07) is 11.4. The maximum atomic E-state index is 14.5. The van der Waals surface area contributed by atoms with Gasteiger partial charge in [-0.2, -0.15) is 0 Å².